The van der Waals surface area contributed by atoms with E-state index in [2.05, 4.69) is 11.4 Å². The van der Waals surface area contributed by atoms with Gasteiger partial charge < -0.3 is 4.90 Å². The van der Waals surface area contributed by atoms with Gasteiger partial charge in [-0.25, -0.2) is 0 Å². The fourth-order valence-corrected chi connectivity index (χ4v) is 2.59. The molecule has 0 saturated heterocycles. The van der Waals surface area contributed by atoms with Gasteiger partial charge in [0.25, 0.3) is 0 Å². The van der Waals surface area contributed by atoms with Gasteiger partial charge in [-0.1, -0.05) is 6.07 Å². The molecule has 0 aliphatic heterocycles. The van der Waals surface area contributed by atoms with Crippen molar-refractivity contribution in [1.82, 2.24) is 4.90 Å². The van der Waals surface area contributed by atoms with Crippen molar-refractivity contribution in [2.45, 2.75) is 39.3 Å². The minimum Gasteiger partial charge on any atom is -0.334 e. The van der Waals surface area contributed by atoms with Gasteiger partial charge in [-0.05, 0) is 38.1 Å². The fourth-order valence-electron chi connectivity index (χ4n) is 1.77. The second-order valence-electron chi connectivity index (χ2n) is 5.26. The maximum atomic E-state index is 12.4. The first-order valence-electron chi connectivity index (χ1n) is 5.94. The van der Waals surface area contributed by atoms with E-state index in [1.165, 1.54) is 4.88 Å². The van der Waals surface area contributed by atoms with Crippen LogP contribution in [0, 0.1) is 5.41 Å². The molecule has 1 aliphatic rings. The molecule has 0 bridgehead atoms. The highest BCUT2D eigenvalue weighted by atomic mass is 35.5. The van der Waals surface area contributed by atoms with E-state index >= 15 is 0 Å². The van der Waals surface area contributed by atoms with Gasteiger partial charge in [0.15, 0.2) is 0 Å². The van der Waals surface area contributed by atoms with Crippen molar-refractivity contribution in [3.05, 3.63) is 22.4 Å². The van der Waals surface area contributed by atoms with Crippen molar-refractivity contribution in [3.8, 4) is 0 Å². The summed E-state index contributed by atoms with van der Waals surface area (Å²) in [5.74, 6) is 0.558. The van der Waals surface area contributed by atoms with Crippen LogP contribution in [0.1, 0.15) is 31.6 Å². The molecule has 17 heavy (non-hydrogen) atoms. The summed E-state index contributed by atoms with van der Waals surface area (Å²) in [6.45, 7) is 4.58. The highest BCUT2D eigenvalue weighted by Gasteiger charge is 2.39. The quantitative estimate of drug-likeness (QED) is 0.751. The van der Waals surface area contributed by atoms with Gasteiger partial charge in [0.1, 0.15) is 0 Å². The molecule has 94 valence electrons. The highest BCUT2D eigenvalue weighted by molar-refractivity contribution is 7.09. The number of alkyl halides is 1. The second-order valence-corrected chi connectivity index (χ2v) is 6.56. The minimum atomic E-state index is -0.457. The number of nitrogens with zero attached hydrogens (tertiary/aromatic N) is 1. The second kappa shape index (κ2) is 4.99. The van der Waals surface area contributed by atoms with Gasteiger partial charge in [0, 0.05) is 16.8 Å². The number of hydrogen-bond acceptors (Lipinski definition) is 2. The van der Waals surface area contributed by atoms with Gasteiger partial charge >= 0.3 is 0 Å². The molecule has 1 heterocycles. The lowest BCUT2D eigenvalue weighted by Gasteiger charge is -2.30. The summed E-state index contributed by atoms with van der Waals surface area (Å²) in [5, 5.41) is 2.05. The zero-order valence-electron chi connectivity index (χ0n) is 10.3. The van der Waals surface area contributed by atoms with Crippen LogP contribution in [0.2, 0.25) is 0 Å². The summed E-state index contributed by atoms with van der Waals surface area (Å²) in [4.78, 5) is 15.7. The number of amides is 1. The lowest BCUT2D eigenvalue weighted by atomic mass is 9.94. The largest absolute Gasteiger partial charge is 0.334 e. The molecule has 0 atom stereocenters. The maximum Gasteiger partial charge on any atom is 0.230 e. The lowest BCUT2D eigenvalue weighted by Crippen LogP contribution is -2.42. The lowest BCUT2D eigenvalue weighted by molar-refractivity contribution is -0.140. The Kier molecular flexibility index (Phi) is 3.79. The molecule has 0 spiro atoms. The van der Waals surface area contributed by atoms with E-state index in [9.17, 15) is 4.79 Å². The van der Waals surface area contributed by atoms with Crippen LogP contribution in [-0.4, -0.2) is 22.7 Å². The molecule has 0 N–H and O–H groups in total. The molecule has 0 aromatic carbocycles. The summed E-state index contributed by atoms with van der Waals surface area (Å²) in [6.07, 6.45) is 2.27. The van der Waals surface area contributed by atoms with Crippen LogP contribution >= 0.6 is 22.9 Å². The number of carbonyl (C=O) groups excluding carboxylic acids is 1. The zero-order valence-corrected chi connectivity index (χ0v) is 11.9. The first-order valence-corrected chi connectivity index (χ1v) is 7.35. The molecular weight excluding hydrogens is 254 g/mol. The molecule has 2 rings (SSSR count). The molecule has 4 heteroatoms. The van der Waals surface area contributed by atoms with Gasteiger partial charge in [-0.15, -0.1) is 22.9 Å². The summed E-state index contributed by atoms with van der Waals surface area (Å²) in [7, 11) is 0. The Morgan fingerprint density at radius 2 is 2.29 bits per heavy atom. The van der Waals surface area contributed by atoms with Gasteiger partial charge in [0.2, 0.25) is 5.91 Å². The summed E-state index contributed by atoms with van der Waals surface area (Å²) in [6, 6.07) is 4.55. The van der Waals surface area contributed by atoms with Crippen molar-refractivity contribution in [1.29, 1.82) is 0 Å². The average Bonchev–Trinajstić information content (AvgIpc) is 3.03. The van der Waals surface area contributed by atoms with Crippen LogP contribution in [-0.2, 0) is 11.3 Å². The van der Waals surface area contributed by atoms with Crippen molar-refractivity contribution in [3.63, 3.8) is 0 Å². The molecular formula is C13H18ClNOS. The Bertz CT molecular complexity index is 384. The Balaban J connectivity index is 2.10. The molecule has 1 aromatic rings. The summed E-state index contributed by atoms with van der Waals surface area (Å²) in [5.41, 5.74) is -0.457. The topological polar surface area (TPSA) is 20.3 Å². The van der Waals surface area contributed by atoms with E-state index in [1.54, 1.807) is 11.3 Å². The number of rotatable bonds is 5. The van der Waals surface area contributed by atoms with E-state index in [4.69, 9.17) is 11.6 Å². The molecule has 0 unspecified atom stereocenters. The molecule has 0 radical (unpaired) electrons. The van der Waals surface area contributed by atoms with Crippen LogP contribution in [0.4, 0.5) is 0 Å². The minimum absolute atomic E-state index is 0.184. The van der Waals surface area contributed by atoms with Gasteiger partial charge in [-0.3, -0.25) is 4.79 Å². The fraction of sp³-hybridized carbons (Fsp3) is 0.615. The Morgan fingerprint density at radius 3 is 2.76 bits per heavy atom. The average molecular weight is 272 g/mol. The van der Waals surface area contributed by atoms with E-state index < -0.39 is 5.41 Å². The molecule has 1 amide bonds. The zero-order chi connectivity index (χ0) is 12.5. The summed E-state index contributed by atoms with van der Waals surface area (Å²) >= 11 is 7.60. The summed E-state index contributed by atoms with van der Waals surface area (Å²) < 4.78 is 0. The number of thiophene rings is 1. The predicted octanol–water partition coefficient (Wildman–Crippen LogP) is 3.50. The number of carbonyl (C=O) groups is 1. The van der Waals surface area contributed by atoms with E-state index in [1.807, 2.05) is 24.8 Å². The molecule has 1 saturated carbocycles. The third kappa shape index (κ3) is 3.02. The Morgan fingerprint density at radius 1 is 1.59 bits per heavy atom. The Hall–Kier alpha value is -0.540. The van der Waals surface area contributed by atoms with Crippen molar-refractivity contribution >= 4 is 28.8 Å². The smallest absolute Gasteiger partial charge is 0.230 e. The number of hydrogen-bond donors (Lipinski definition) is 0. The third-order valence-corrected chi connectivity index (χ3v) is 4.60. The molecule has 1 aromatic heterocycles. The molecule has 1 fully saturated rings. The van der Waals surface area contributed by atoms with Crippen molar-refractivity contribution < 1.29 is 4.79 Å². The molecule has 2 nitrogen and oxygen atoms in total. The normalized spacial score (nSPS) is 15.9. The monoisotopic (exact) mass is 271 g/mol. The van der Waals surface area contributed by atoms with Crippen molar-refractivity contribution in [2.24, 2.45) is 5.41 Å². The Labute approximate surface area is 112 Å². The van der Waals surface area contributed by atoms with Gasteiger partial charge in [0.05, 0.1) is 12.0 Å². The van der Waals surface area contributed by atoms with E-state index in [-0.39, 0.29) is 5.91 Å². The predicted molar refractivity (Wildman–Crippen MR) is 72.4 cm³/mol. The standard InChI is InChI=1S/C13H18ClNOS/c1-13(2,9-14)12(16)15(10-5-6-10)8-11-4-3-7-17-11/h3-4,7,10H,5-6,8-9H2,1-2H3. The molecule has 1 aliphatic carbocycles. The third-order valence-electron chi connectivity index (χ3n) is 3.07. The van der Waals surface area contributed by atoms with Crippen LogP contribution in [0.15, 0.2) is 17.5 Å². The van der Waals surface area contributed by atoms with Crippen LogP contribution < -0.4 is 0 Å². The first-order chi connectivity index (χ1) is 8.04. The van der Waals surface area contributed by atoms with Crippen LogP contribution in [0.5, 0.6) is 0 Å². The van der Waals surface area contributed by atoms with Crippen molar-refractivity contribution in [2.75, 3.05) is 5.88 Å². The van der Waals surface area contributed by atoms with Gasteiger partial charge in [-0.2, -0.15) is 0 Å². The first kappa shape index (κ1) is 12.9. The number of halogens is 1. The van der Waals surface area contributed by atoms with Crippen LogP contribution in [0.25, 0.3) is 0 Å². The van der Waals surface area contributed by atoms with Crippen LogP contribution in [0.3, 0.4) is 0 Å². The maximum absolute atomic E-state index is 12.4. The highest BCUT2D eigenvalue weighted by Crippen LogP contribution is 2.33. The SMILES string of the molecule is CC(C)(CCl)C(=O)N(Cc1cccs1)C1CC1. The van der Waals surface area contributed by atoms with E-state index in [0.29, 0.717) is 11.9 Å². The van der Waals surface area contributed by atoms with E-state index in [0.717, 1.165) is 19.4 Å².